The highest BCUT2D eigenvalue weighted by molar-refractivity contribution is 5.58. The molecule has 2 saturated heterocycles. The third-order valence-electron chi connectivity index (χ3n) is 8.57. The molecule has 0 spiro atoms. The molecule has 8 nitrogen and oxygen atoms in total. The number of piperidine rings is 1. The van der Waals surface area contributed by atoms with Crippen LogP contribution in [0.15, 0.2) is 30.5 Å². The van der Waals surface area contributed by atoms with Gasteiger partial charge in [0.05, 0.1) is 6.20 Å². The Kier molecular flexibility index (Phi) is 6.46. The fourth-order valence-electron chi connectivity index (χ4n) is 6.39. The highest BCUT2D eigenvalue weighted by Gasteiger charge is 2.35. The van der Waals surface area contributed by atoms with Gasteiger partial charge in [-0.2, -0.15) is 19.6 Å². The first-order valence-corrected chi connectivity index (χ1v) is 13.9. The van der Waals surface area contributed by atoms with Gasteiger partial charge >= 0.3 is 0 Å². The monoisotopic (exact) mass is 488 g/mol. The van der Waals surface area contributed by atoms with E-state index in [1.165, 1.54) is 50.0 Å². The Morgan fingerprint density at radius 2 is 1.69 bits per heavy atom. The molecule has 192 valence electrons. The average Bonchev–Trinajstić information content (AvgIpc) is 3.52. The third-order valence-corrected chi connectivity index (χ3v) is 8.57. The van der Waals surface area contributed by atoms with Gasteiger partial charge < -0.3 is 20.9 Å². The van der Waals surface area contributed by atoms with Crippen LogP contribution in [0.4, 0.5) is 17.6 Å². The Labute approximate surface area is 214 Å². The summed E-state index contributed by atoms with van der Waals surface area (Å²) in [5, 5.41) is 8.32. The molecule has 36 heavy (non-hydrogen) atoms. The first kappa shape index (κ1) is 23.5. The Balaban J connectivity index is 1.28. The zero-order valence-corrected chi connectivity index (χ0v) is 21.7. The van der Waals surface area contributed by atoms with Crippen LogP contribution in [0.2, 0.25) is 0 Å². The third kappa shape index (κ3) is 4.51. The highest BCUT2D eigenvalue weighted by Crippen LogP contribution is 2.39. The van der Waals surface area contributed by atoms with Gasteiger partial charge in [0.25, 0.3) is 0 Å². The van der Waals surface area contributed by atoms with Crippen molar-refractivity contribution in [3.63, 3.8) is 0 Å². The summed E-state index contributed by atoms with van der Waals surface area (Å²) in [7, 11) is 0. The summed E-state index contributed by atoms with van der Waals surface area (Å²) in [4.78, 5) is 14.8. The van der Waals surface area contributed by atoms with Crippen LogP contribution in [-0.4, -0.2) is 51.8 Å². The smallest absolute Gasteiger partial charge is 0.230 e. The highest BCUT2D eigenvalue weighted by atomic mass is 15.4. The second-order valence-electron chi connectivity index (χ2n) is 11.4. The zero-order chi connectivity index (χ0) is 24.6. The van der Waals surface area contributed by atoms with Gasteiger partial charge in [-0.05, 0) is 55.1 Å². The fraction of sp³-hybridized carbons (Fsp3) is 0.607. The first-order chi connectivity index (χ1) is 17.6. The van der Waals surface area contributed by atoms with Crippen LogP contribution in [0.1, 0.15) is 69.4 Å². The average molecular weight is 489 g/mol. The number of hydrogen-bond donors (Lipinski definition) is 2. The maximum atomic E-state index is 6.16. The van der Waals surface area contributed by atoms with E-state index in [0.717, 1.165) is 60.9 Å². The van der Waals surface area contributed by atoms with E-state index in [1.54, 1.807) is 0 Å². The minimum Gasteiger partial charge on any atom is -0.371 e. The molecule has 0 amide bonds. The number of benzene rings is 1. The quantitative estimate of drug-likeness (QED) is 0.531. The van der Waals surface area contributed by atoms with Crippen LogP contribution < -0.4 is 20.9 Å². The molecule has 8 heteroatoms. The van der Waals surface area contributed by atoms with Crippen molar-refractivity contribution < 1.29 is 0 Å². The Morgan fingerprint density at radius 3 is 2.42 bits per heavy atom. The van der Waals surface area contributed by atoms with Crippen molar-refractivity contribution in [1.29, 1.82) is 0 Å². The van der Waals surface area contributed by atoms with Crippen molar-refractivity contribution in [3.05, 3.63) is 41.6 Å². The summed E-state index contributed by atoms with van der Waals surface area (Å²) < 4.78 is 1.88. The molecule has 1 saturated carbocycles. The predicted molar refractivity (Wildman–Crippen MR) is 146 cm³/mol. The standard InChI is InChI=1S/C28H40N8/c1-19(2)24-16-31-36-26(24)32-28(34-13-11-23(29)12-14-34)33-27(36)30-15-20-7-5-6-10-25(20)35-17-21-8-3-4-9-22(21)18-35/h5-7,10,16,19,21-23H,3-4,8-9,11-15,17-18,29H2,1-2H3,(H,30,32,33). The zero-order valence-electron chi connectivity index (χ0n) is 21.7. The van der Waals surface area contributed by atoms with Crippen molar-refractivity contribution in [1.82, 2.24) is 19.6 Å². The van der Waals surface area contributed by atoms with E-state index < -0.39 is 0 Å². The second-order valence-corrected chi connectivity index (χ2v) is 11.4. The summed E-state index contributed by atoms with van der Waals surface area (Å²) in [5.74, 6) is 3.59. The van der Waals surface area contributed by atoms with Gasteiger partial charge in [0.15, 0.2) is 5.65 Å². The molecule has 3 aromatic rings. The maximum Gasteiger partial charge on any atom is 0.230 e. The molecule has 1 aliphatic carbocycles. The SMILES string of the molecule is CC(C)c1cnn2c(NCc3ccccc3N3CC4CCCCC4C3)nc(N3CCC(N)CC3)nc12. The van der Waals surface area contributed by atoms with Crippen LogP contribution >= 0.6 is 0 Å². The van der Waals surface area contributed by atoms with Gasteiger partial charge in [0.1, 0.15) is 0 Å². The lowest BCUT2D eigenvalue weighted by molar-refractivity contribution is 0.299. The van der Waals surface area contributed by atoms with E-state index in [9.17, 15) is 0 Å². The second kappa shape index (κ2) is 9.88. The van der Waals surface area contributed by atoms with E-state index >= 15 is 0 Å². The van der Waals surface area contributed by atoms with E-state index in [4.69, 9.17) is 15.7 Å². The molecule has 2 aliphatic heterocycles. The molecule has 2 atom stereocenters. The van der Waals surface area contributed by atoms with Crippen LogP contribution in [0.3, 0.4) is 0 Å². The van der Waals surface area contributed by atoms with Crippen LogP contribution in [0.25, 0.3) is 5.65 Å². The normalized spacial score (nSPS) is 23.0. The minimum atomic E-state index is 0.273. The fourth-order valence-corrected chi connectivity index (χ4v) is 6.39. The first-order valence-electron chi connectivity index (χ1n) is 13.9. The topological polar surface area (TPSA) is 87.6 Å². The summed E-state index contributed by atoms with van der Waals surface area (Å²) in [6.45, 7) is 9.25. The molecular weight excluding hydrogens is 448 g/mol. The lowest BCUT2D eigenvalue weighted by atomic mass is 9.82. The number of para-hydroxylation sites is 1. The number of anilines is 3. The van der Waals surface area contributed by atoms with Gasteiger partial charge in [-0.1, -0.05) is 44.9 Å². The molecular formula is C28H40N8. The van der Waals surface area contributed by atoms with E-state index in [0.29, 0.717) is 12.5 Å². The number of rotatable bonds is 6. The summed E-state index contributed by atoms with van der Waals surface area (Å²) in [6.07, 6.45) is 9.46. The van der Waals surface area contributed by atoms with Crippen LogP contribution in [0, 0.1) is 11.8 Å². The predicted octanol–water partition coefficient (Wildman–Crippen LogP) is 4.41. The number of nitrogens with two attached hydrogens (primary N) is 1. The minimum absolute atomic E-state index is 0.273. The van der Waals surface area contributed by atoms with Crippen molar-refractivity contribution in [2.24, 2.45) is 17.6 Å². The summed E-state index contributed by atoms with van der Waals surface area (Å²) in [5.41, 5.74) is 10.9. The molecule has 3 fully saturated rings. The van der Waals surface area contributed by atoms with Crippen LogP contribution in [0.5, 0.6) is 0 Å². The van der Waals surface area contributed by atoms with E-state index in [2.05, 4.69) is 58.3 Å². The number of hydrogen-bond acceptors (Lipinski definition) is 7. The molecule has 0 radical (unpaired) electrons. The van der Waals surface area contributed by atoms with Gasteiger partial charge in [0, 0.05) is 50.0 Å². The Bertz CT molecular complexity index is 1180. The van der Waals surface area contributed by atoms with Gasteiger partial charge in [-0.3, -0.25) is 0 Å². The molecule has 0 bridgehead atoms. The molecule has 4 heterocycles. The van der Waals surface area contributed by atoms with Gasteiger partial charge in [-0.15, -0.1) is 0 Å². The largest absolute Gasteiger partial charge is 0.371 e. The van der Waals surface area contributed by atoms with Gasteiger partial charge in [-0.25, -0.2) is 0 Å². The van der Waals surface area contributed by atoms with Crippen molar-refractivity contribution >= 4 is 23.2 Å². The number of nitrogens with zero attached hydrogens (tertiary/aromatic N) is 6. The molecule has 3 N–H and O–H groups in total. The lowest BCUT2D eigenvalue weighted by Gasteiger charge is -2.30. The summed E-state index contributed by atoms with van der Waals surface area (Å²) >= 11 is 0. The number of fused-ring (bicyclic) bond motifs is 2. The van der Waals surface area contributed by atoms with E-state index in [-0.39, 0.29) is 6.04 Å². The van der Waals surface area contributed by atoms with Crippen molar-refractivity contribution in [2.45, 2.75) is 70.9 Å². The maximum absolute atomic E-state index is 6.16. The lowest BCUT2D eigenvalue weighted by Crippen LogP contribution is -2.40. The van der Waals surface area contributed by atoms with Crippen molar-refractivity contribution in [3.8, 4) is 0 Å². The van der Waals surface area contributed by atoms with Crippen LogP contribution in [-0.2, 0) is 6.54 Å². The molecule has 6 rings (SSSR count). The van der Waals surface area contributed by atoms with Gasteiger partial charge in [0.2, 0.25) is 11.9 Å². The Hall–Kier alpha value is -2.87. The number of nitrogens with one attached hydrogen (secondary N) is 1. The number of aromatic nitrogens is 4. The Morgan fingerprint density at radius 1 is 0.972 bits per heavy atom. The molecule has 2 aromatic heterocycles. The molecule has 3 aliphatic rings. The molecule has 1 aromatic carbocycles. The molecule has 2 unspecified atom stereocenters. The van der Waals surface area contributed by atoms with Crippen molar-refractivity contribution in [2.75, 3.05) is 41.3 Å². The summed E-state index contributed by atoms with van der Waals surface area (Å²) in [6, 6.07) is 9.13. The van der Waals surface area contributed by atoms with E-state index in [1.807, 2.05) is 10.7 Å².